The van der Waals surface area contributed by atoms with Gasteiger partial charge >= 0.3 is 0 Å². The Balaban J connectivity index is 2.17. The number of hydrogen-bond donors (Lipinski definition) is 1. The third kappa shape index (κ3) is 3.39. The molecule has 1 saturated heterocycles. The summed E-state index contributed by atoms with van der Waals surface area (Å²) in [7, 11) is 2.09. The summed E-state index contributed by atoms with van der Waals surface area (Å²) in [6.07, 6.45) is 2.25. The maximum absolute atomic E-state index is 6.03. The van der Waals surface area contributed by atoms with Gasteiger partial charge in [-0.3, -0.25) is 0 Å². The largest absolute Gasteiger partial charge is 0.383 e. The zero-order valence-corrected chi connectivity index (χ0v) is 13.0. The quantitative estimate of drug-likeness (QED) is 0.916. The van der Waals surface area contributed by atoms with Gasteiger partial charge in [-0.2, -0.15) is 0 Å². The average molecular weight is 278 g/mol. The first-order valence-electron chi connectivity index (χ1n) is 7.42. The Bertz CT molecular complexity index is 455. The van der Waals surface area contributed by atoms with E-state index in [4.69, 9.17) is 15.5 Å². The van der Waals surface area contributed by atoms with Crippen LogP contribution in [-0.2, 0) is 4.74 Å². The van der Waals surface area contributed by atoms with Crippen LogP contribution in [-0.4, -0.2) is 36.8 Å². The van der Waals surface area contributed by atoms with E-state index in [1.165, 1.54) is 0 Å². The van der Waals surface area contributed by atoms with Gasteiger partial charge in [-0.15, -0.1) is 0 Å². The molecule has 0 saturated carbocycles. The van der Waals surface area contributed by atoms with Crippen molar-refractivity contribution in [3.8, 4) is 0 Å². The maximum Gasteiger partial charge on any atom is 0.137 e. The van der Waals surface area contributed by atoms with E-state index in [0.29, 0.717) is 11.7 Å². The molecule has 1 aromatic heterocycles. The number of anilines is 2. The van der Waals surface area contributed by atoms with E-state index >= 15 is 0 Å². The van der Waals surface area contributed by atoms with E-state index in [1.807, 2.05) is 6.92 Å². The Morgan fingerprint density at radius 1 is 1.30 bits per heavy atom. The van der Waals surface area contributed by atoms with Crippen molar-refractivity contribution in [1.29, 1.82) is 0 Å². The first kappa shape index (κ1) is 15.0. The summed E-state index contributed by atoms with van der Waals surface area (Å²) < 4.78 is 5.42. The zero-order valence-electron chi connectivity index (χ0n) is 13.0. The van der Waals surface area contributed by atoms with E-state index in [9.17, 15) is 0 Å². The summed E-state index contributed by atoms with van der Waals surface area (Å²) in [4.78, 5) is 11.3. The molecule has 0 aliphatic carbocycles. The molecule has 20 heavy (non-hydrogen) atoms. The second-order valence-corrected chi connectivity index (χ2v) is 6.01. The van der Waals surface area contributed by atoms with Crippen LogP contribution in [0.15, 0.2) is 0 Å². The van der Waals surface area contributed by atoms with Gasteiger partial charge in [0.1, 0.15) is 17.5 Å². The molecule has 5 heteroatoms. The fourth-order valence-corrected chi connectivity index (χ4v) is 2.57. The number of nitrogen functional groups attached to an aromatic ring is 1. The molecule has 0 unspecified atom stereocenters. The molecule has 2 rings (SSSR count). The topological polar surface area (TPSA) is 64.3 Å². The molecule has 0 amide bonds. The monoisotopic (exact) mass is 278 g/mol. The van der Waals surface area contributed by atoms with E-state index in [-0.39, 0.29) is 5.92 Å². The van der Waals surface area contributed by atoms with Crippen molar-refractivity contribution in [1.82, 2.24) is 9.97 Å². The Morgan fingerprint density at radius 2 is 1.95 bits per heavy atom. The molecular weight excluding hydrogens is 252 g/mol. The molecule has 1 fully saturated rings. The minimum atomic E-state index is 0.285. The minimum Gasteiger partial charge on any atom is -0.383 e. The Morgan fingerprint density at radius 3 is 2.55 bits per heavy atom. The van der Waals surface area contributed by atoms with Crippen molar-refractivity contribution in [3.05, 3.63) is 11.4 Å². The highest BCUT2D eigenvalue weighted by Crippen LogP contribution is 2.25. The van der Waals surface area contributed by atoms with Crippen LogP contribution in [0.5, 0.6) is 0 Å². The van der Waals surface area contributed by atoms with Crippen LogP contribution < -0.4 is 10.6 Å². The summed E-state index contributed by atoms with van der Waals surface area (Å²) in [5, 5.41) is 0. The second-order valence-electron chi connectivity index (χ2n) is 6.01. The number of nitrogens with zero attached hydrogens (tertiary/aromatic N) is 3. The molecule has 1 aliphatic heterocycles. The van der Waals surface area contributed by atoms with Crippen LogP contribution in [0.25, 0.3) is 0 Å². The molecule has 2 heterocycles. The molecule has 5 nitrogen and oxygen atoms in total. The van der Waals surface area contributed by atoms with Crippen LogP contribution in [0.1, 0.15) is 44.0 Å². The molecule has 1 aromatic rings. The van der Waals surface area contributed by atoms with Crippen LogP contribution >= 0.6 is 0 Å². The first-order chi connectivity index (χ1) is 9.49. The highest BCUT2D eigenvalue weighted by atomic mass is 16.5. The maximum atomic E-state index is 6.03. The third-order valence-electron chi connectivity index (χ3n) is 3.93. The lowest BCUT2D eigenvalue weighted by Gasteiger charge is -2.29. The van der Waals surface area contributed by atoms with Gasteiger partial charge in [0, 0.05) is 38.3 Å². The van der Waals surface area contributed by atoms with E-state index in [0.717, 1.165) is 49.8 Å². The predicted molar refractivity (Wildman–Crippen MR) is 82.1 cm³/mol. The number of hydrogen-bond acceptors (Lipinski definition) is 5. The number of ether oxygens (including phenoxy) is 1. The second kappa shape index (κ2) is 6.39. The summed E-state index contributed by atoms with van der Waals surface area (Å²) in [5.74, 6) is 3.34. The lowest BCUT2D eigenvalue weighted by molar-refractivity contribution is 0.0685. The van der Waals surface area contributed by atoms with E-state index in [1.54, 1.807) is 0 Å². The number of nitrogens with two attached hydrogens (primary N) is 1. The standard InChI is InChI=1S/C15H26N4O/c1-10(2)14-17-13(16)11(3)15(18-14)19(4)9-12-5-7-20-8-6-12/h10,12H,5-9H2,1-4H3,(H2,16,17,18). The van der Waals surface area contributed by atoms with Crippen LogP contribution in [0, 0.1) is 12.8 Å². The van der Waals surface area contributed by atoms with E-state index in [2.05, 4.69) is 30.8 Å². The van der Waals surface area contributed by atoms with Crippen molar-refractivity contribution in [2.24, 2.45) is 5.92 Å². The fraction of sp³-hybridized carbons (Fsp3) is 0.733. The average Bonchev–Trinajstić information content (AvgIpc) is 2.42. The van der Waals surface area contributed by atoms with Crippen molar-refractivity contribution >= 4 is 11.6 Å². The SMILES string of the molecule is Cc1c(N)nc(C(C)C)nc1N(C)CC1CCOCC1. The van der Waals surface area contributed by atoms with E-state index < -0.39 is 0 Å². The van der Waals surface area contributed by atoms with Crippen molar-refractivity contribution < 1.29 is 4.74 Å². The molecule has 0 radical (unpaired) electrons. The molecule has 0 aromatic carbocycles. The first-order valence-corrected chi connectivity index (χ1v) is 7.42. The Labute approximate surface area is 121 Å². The summed E-state index contributed by atoms with van der Waals surface area (Å²) in [5.41, 5.74) is 7.01. The number of rotatable bonds is 4. The predicted octanol–water partition coefficient (Wildman–Crippen LogP) is 2.35. The zero-order chi connectivity index (χ0) is 14.7. The van der Waals surface area contributed by atoms with Crippen molar-refractivity contribution in [2.45, 2.75) is 39.5 Å². The lowest BCUT2D eigenvalue weighted by Crippen LogP contribution is -2.31. The number of aromatic nitrogens is 2. The molecular formula is C15H26N4O. The minimum absolute atomic E-state index is 0.285. The summed E-state index contributed by atoms with van der Waals surface area (Å²) in [6, 6.07) is 0. The van der Waals surface area contributed by atoms with Gasteiger partial charge in [0.15, 0.2) is 0 Å². The van der Waals surface area contributed by atoms with Crippen LogP contribution in [0.2, 0.25) is 0 Å². The Kier molecular flexibility index (Phi) is 4.81. The third-order valence-corrected chi connectivity index (χ3v) is 3.93. The van der Waals surface area contributed by atoms with Gasteiger partial charge in [0.25, 0.3) is 0 Å². The fourth-order valence-electron chi connectivity index (χ4n) is 2.57. The highest BCUT2D eigenvalue weighted by Gasteiger charge is 2.19. The van der Waals surface area contributed by atoms with Gasteiger partial charge in [-0.25, -0.2) is 9.97 Å². The summed E-state index contributed by atoms with van der Waals surface area (Å²) >= 11 is 0. The Hall–Kier alpha value is -1.36. The summed E-state index contributed by atoms with van der Waals surface area (Å²) in [6.45, 7) is 8.92. The normalized spacial score (nSPS) is 16.6. The van der Waals surface area contributed by atoms with Gasteiger partial charge in [-0.1, -0.05) is 13.8 Å². The molecule has 112 valence electrons. The lowest BCUT2D eigenvalue weighted by atomic mass is 10.00. The van der Waals surface area contributed by atoms with Crippen molar-refractivity contribution in [3.63, 3.8) is 0 Å². The van der Waals surface area contributed by atoms with Crippen molar-refractivity contribution in [2.75, 3.05) is 37.4 Å². The molecule has 2 N–H and O–H groups in total. The van der Waals surface area contributed by atoms with Gasteiger partial charge < -0.3 is 15.4 Å². The highest BCUT2D eigenvalue weighted by molar-refractivity contribution is 5.56. The van der Waals surface area contributed by atoms with Crippen LogP contribution in [0.3, 0.4) is 0 Å². The van der Waals surface area contributed by atoms with Crippen LogP contribution in [0.4, 0.5) is 11.6 Å². The molecule has 1 aliphatic rings. The smallest absolute Gasteiger partial charge is 0.137 e. The van der Waals surface area contributed by atoms with Gasteiger partial charge in [-0.05, 0) is 25.7 Å². The van der Waals surface area contributed by atoms with Gasteiger partial charge in [0.2, 0.25) is 0 Å². The van der Waals surface area contributed by atoms with Gasteiger partial charge in [0.05, 0.1) is 0 Å². The molecule has 0 spiro atoms. The molecule has 0 bridgehead atoms. The molecule has 0 atom stereocenters.